The fourth-order valence-electron chi connectivity index (χ4n) is 2.01. The van der Waals surface area contributed by atoms with Gasteiger partial charge in [-0.3, -0.25) is 4.99 Å². The molecule has 152 valence electrons. The molecule has 0 amide bonds. The number of hydrogen-bond acceptors (Lipinski definition) is 3. The summed E-state index contributed by atoms with van der Waals surface area (Å²) in [5.74, 6) is -0.0390. The standard InChI is InChI=1S/C22H35ClFN3/c1-7-9-10-22(25)20(18(6)23)14-26-12-19(11-17(5)8-2)13-27-15-21(24)16(3)4/h8-11,13-14,16,21-22,26H,6-7,12,15,25H2,1-5H3/b10-9-,17-8+,19-11-,20-14-,27-13?. The Morgan fingerprint density at radius 1 is 1.37 bits per heavy atom. The number of halogens is 2. The molecule has 0 aromatic rings. The van der Waals surface area contributed by atoms with E-state index in [0.29, 0.717) is 11.6 Å². The van der Waals surface area contributed by atoms with Gasteiger partial charge in [-0.1, -0.05) is 68.8 Å². The summed E-state index contributed by atoms with van der Waals surface area (Å²) in [6.45, 7) is 14.2. The number of allylic oxidation sites excluding steroid dienone is 4. The lowest BCUT2D eigenvalue weighted by molar-refractivity contribution is 0.264. The zero-order valence-corrected chi connectivity index (χ0v) is 18.1. The minimum Gasteiger partial charge on any atom is -0.386 e. The molecule has 2 atom stereocenters. The molecule has 2 unspecified atom stereocenters. The maximum absolute atomic E-state index is 13.7. The normalized spacial score (nSPS) is 16.4. The average molecular weight is 396 g/mol. The first kappa shape index (κ1) is 25.4. The Morgan fingerprint density at radius 2 is 2.04 bits per heavy atom. The summed E-state index contributed by atoms with van der Waals surface area (Å²) < 4.78 is 13.7. The van der Waals surface area contributed by atoms with E-state index in [4.69, 9.17) is 17.3 Å². The zero-order valence-electron chi connectivity index (χ0n) is 17.3. The molecule has 5 heteroatoms. The third-order valence-electron chi connectivity index (χ3n) is 3.94. The maximum Gasteiger partial charge on any atom is 0.122 e. The lowest BCUT2D eigenvalue weighted by Gasteiger charge is -2.13. The fraction of sp³-hybridized carbons (Fsp3) is 0.500. The van der Waals surface area contributed by atoms with Crippen molar-refractivity contribution in [2.45, 2.75) is 53.3 Å². The molecule has 0 saturated heterocycles. The Labute approximate surface area is 169 Å². The van der Waals surface area contributed by atoms with E-state index < -0.39 is 6.17 Å². The molecule has 0 heterocycles. The second-order valence-electron chi connectivity index (χ2n) is 6.75. The number of aliphatic imine (C=N–C) groups is 1. The Hall–Kier alpha value is -1.65. The molecule has 3 nitrogen and oxygen atoms in total. The van der Waals surface area contributed by atoms with Crippen molar-refractivity contribution in [2.75, 3.05) is 13.1 Å². The van der Waals surface area contributed by atoms with Crippen molar-refractivity contribution in [1.29, 1.82) is 0 Å². The van der Waals surface area contributed by atoms with Gasteiger partial charge in [0.05, 0.1) is 12.6 Å². The van der Waals surface area contributed by atoms with Crippen molar-refractivity contribution in [3.05, 3.63) is 58.8 Å². The van der Waals surface area contributed by atoms with Gasteiger partial charge in [0.15, 0.2) is 0 Å². The molecule has 0 aliphatic carbocycles. The maximum atomic E-state index is 13.7. The summed E-state index contributed by atoms with van der Waals surface area (Å²) in [7, 11) is 0. The van der Waals surface area contributed by atoms with Crippen LogP contribution in [0.3, 0.4) is 0 Å². The van der Waals surface area contributed by atoms with Crippen LogP contribution < -0.4 is 11.1 Å². The Bertz CT molecular complexity index is 601. The molecular formula is C22H35ClFN3. The first-order valence-electron chi connectivity index (χ1n) is 9.40. The van der Waals surface area contributed by atoms with Gasteiger partial charge >= 0.3 is 0 Å². The minimum atomic E-state index is -0.937. The molecule has 0 fully saturated rings. The predicted octanol–water partition coefficient (Wildman–Crippen LogP) is 5.46. The third-order valence-corrected chi connectivity index (χ3v) is 4.16. The van der Waals surface area contributed by atoms with E-state index in [2.05, 4.69) is 16.9 Å². The SMILES string of the molecule is C=C(Cl)/C(=C/NC/C(C=NCC(F)C(C)C)=C/C(C)=C/C)C(N)/C=C\CC. The Kier molecular flexibility index (Phi) is 13.5. The number of nitrogens with zero attached hydrogens (tertiary/aromatic N) is 1. The van der Waals surface area contributed by atoms with Gasteiger partial charge in [0.1, 0.15) is 6.17 Å². The summed E-state index contributed by atoms with van der Waals surface area (Å²) in [5.41, 5.74) is 8.90. The summed E-state index contributed by atoms with van der Waals surface area (Å²) >= 11 is 6.08. The zero-order chi connectivity index (χ0) is 20.8. The van der Waals surface area contributed by atoms with Crippen molar-refractivity contribution in [1.82, 2.24) is 5.32 Å². The van der Waals surface area contributed by atoms with Crippen molar-refractivity contribution in [3.63, 3.8) is 0 Å². The minimum absolute atomic E-state index is 0.0390. The molecule has 27 heavy (non-hydrogen) atoms. The second-order valence-corrected chi connectivity index (χ2v) is 7.21. The predicted molar refractivity (Wildman–Crippen MR) is 119 cm³/mol. The van der Waals surface area contributed by atoms with Crippen LogP contribution >= 0.6 is 11.6 Å². The molecule has 0 rings (SSSR count). The van der Waals surface area contributed by atoms with E-state index in [1.165, 1.54) is 0 Å². The second kappa shape index (κ2) is 14.4. The molecule has 0 aliphatic rings. The Morgan fingerprint density at radius 3 is 2.56 bits per heavy atom. The summed E-state index contributed by atoms with van der Waals surface area (Å²) in [4.78, 5) is 4.25. The topological polar surface area (TPSA) is 50.4 Å². The van der Waals surface area contributed by atoms with Gasteiger partial charge in [-0.25, -0.2) is 4.39 Å². The molecule has 0 radical (unpaired) electrons. The van der Waals surface area contributed by atoms with Crippen LogP contribution in [0.2, 0.25) is 0 Å². The third kappa shape index (κ3) is 11.6. The Balaban J connectivity index is 5.17. The number of rotatable bonds is 12. The smallest absolute Gasteiger partial charge is 0.122 e. The highest BCUT2D eigenvalue weighted by Gasteiger charge is 2.10. The first-order valence-corrected chi connectivity index (χ1v) is 9.78. The number of nitrogens with two attached hydrogens (primary N) is 1. The van der Waals surface area contributed by atoms with Crippen LogP contribution in [-0.2, 0) is 0 Å². The van der Waals surface area contributed by atoms with Gasteiger partial charge < -0.3 is 11.1 Å². The van der Waals surface area contributed by atoms with E-state index in [-0.39, 0.29) is 18.5 Å². The number of nitrogens with one attached hydrogen (secondary N) is 1. The van der Waals surface area contributed by atoms with Crippen molar-refractivity contribution in [3.8, 4) is 0 Å². The monoisotopic (exact) mass is 395 g/mol. The van der Waals surface area contributed by atoms with E-state index in [0.717, 1.165) is 23.1 Å². The summed E-state index contributed by atoms with van der Waals surface area (Å²) in [6, 6.07) is -0.320. The molecule has 0 spiro atoms. The highest BCUT2D eigenvalue weighted by atomic mass is 35.5. The van der Waals surface area contributed by atoms with Crippen LogP contribution in [0.1, 0.15) is 41.0 Å². The number of hydrogen-bond donors (Lipinski definition) is 2. The molecule has 0 bridgehead atoms. The van der Waals surface area contributed by atoms with Crippen molar-refractivity contribution in [2.24, 2.45) is 16.6 Å². The van der Waals surface area contributed by atoms with Gasteiger partial charge in [-0.2, -0.15) is 0 Å². The van der Waals surface area contributed by atoms with Crippen LogP contribution in [-0.4, -0.2) is 31.5 Å². The molecule has 0 aromatic carbocycles. The van der Waals surface area contributed by atoms with Crippen LogP contribution in [0, 0.1) is 5.92 Å². The van der Waals surface area contributed by atoms with Crippen LogP contribution in [0.4, 0.5) is 4.39 Å². The summed E-state index contributed by atoms with van der Waals surface area (Å²) in [6.07, 6.45) is 11.4. The van der Waals surface area contributed by atoms with Crippen molar-refractivity contribution < 1.29 is 4.39 Å². The molecule has 0 aromatic heterocycles. The van der Waals surface area contributed by atoms with E-state index >= 15 is 0 Å². The lowest BCUT2D eigenvalue weighted by Crippen LogP contribution is -2.23. The van der Waals surface area contributed by atoms with Crippen LogP contribution in [0.15, 0.2) is 63.8 Å². The molecule has 0 aliphatic heterocycles. The van der Waals surface area contributed by atoms with Gasteiger partial charge in [-0.05, 0) is 31.8 Å². The number of alkyl halides is 1. The van der Waals surface area contributed by atoms with Crippen LogP contribution in [0.5, 0.6) is 0 Å². The van der Waals surface area contributed by atoms with Crippen molar-refractivity contribution >= 4 is 17.8 Å². The van der Waals surface area contributed by atoms with Gasteiger partial charge in [0.2, 0.25) is 0 Å². The highest BCUT2D eigenvalue weighted by molar-refractivity contribution is 6.31. The summed E-state index contributed by atoms with van der Waals surface area (Å²) in [5, 5.41) is 3.61. The van der Waals surface area contributed by atoms with Crippen LogP contribution in [0.25, 0.3) is 0 Å². The molecule has 0 saturated carbocycles. The fourth-order valence-corrected chi connectivity index (χ4v) is 2.19. The first-order chi connectivity index (χ1) is 12.7. The lowest BCUT2D eigenvalue weighted by atomic mass is 10.1. The average Bonchev–Trinajstić information content (AvgIpc) is 2.62. The van der Waals surface area contributed by atoms with Gasteiger partial charge in [0, 0.05) is 29.6 Å². The van der Waals surface area contributed by atoms with E-state index in [1.807, 2.05) is 58.9 Å². The van der Waals surface area contributed by atoms with E-state index in [1.54, 1.807) is 12.4 Å². The molecule has 3 N–H and O–H groups in total. The highest BCUT2D eigenvalue weighted by Crippen LogP contribution is 2.15. The quantitative estimate of drug-likeness (QED) is 0.262. The molecular weight excluding hydrogens is 361 g/mol. The van der Waals surface area contributed by atoms with Gasteiger partial charge in [0.25, 0.3) is 0 Å². The van der Waals surface area contributed by atoms with E-state index in [9.17, 15) is 4.39 Å². The van der Waals surface area contributed by atoms with Gasteiger partial charge in [-0.15, -0.1) is 0 Å². The largest absolute Gasteiger partial charge is 0.386 e.